The number of nitrogens with one attached hydrogen (secondary N) is 3. The van der Waals surface area contributed by atoms with Crippen LogP contribution in [0.1, 0.15) is 19.6 Å². The molecule has 0 saturated heterocycles. The molecule has 1 aromatic heterocycles. The number of carboxylic acid groups (broad SMARTS) is 1. The Morgan fingerprint density at radius 3 is 2.41 bits per heavy atom. The minimum Gasteiger partial charge on any atom is -0.480 e. The molecule has 1 unspecified atom stereocenters. The Bertz CT molecular complexity index is 1130. The molecule has 0 fully saturated rings. The maximum absolute atomic E-state index is 13.6. The maximum Gasteiger partial charge on any atom is 0.326 e. The van der Waals surface area contributed by atoms with E-state index in [9.17, 15) is 19.1 Å². The molecule has 0 saturated carbocycles. The first kappa shape index (κ1) is 22.9. The number of halogens is 1. The van der Waals surface area contributed by atoms with Gasteiger partial charge in [-0.2, -0.15) is 0 Å². The summed E-state index contributed by atoms with van der Waals surface area (Å²) in [6.07, 6.45) is 0. The van der Waals surface area contributed by atoms with Crippen LogP contribution in [0, 0.1) is 11.7 Å². The van der Waals surface area contributed by atoms with Crippen LogP contribution >= 0.6 is 12.2 Å². The lowest BCUT2D eigenvalue weighted by Crippen LogP contribution is -2.43. The van der Waals surface area contributed by atoms with E-state index in [1.807, 2.05) is 0 Å². The highest BCUT2D eigenvalue weighted by Crippen LogP contribution is 2.22. The molecule has 2 aromatic carbocycles. The zero-order valence-electron chi connectivity index (χ0n) is 17.3. The highest BCUT2D eigenvalue weighted by atomic mass is 32.1. The van der Waals surface area contributed by atoms with Gasteiger partial charge in [-0.15, -0.1) is 0 Å². The number of hydrogen-bond acceptors (Lipinski definition) is 5. The molecule has 0 aliphatic carbocycles. The summed E-state index contributed by atoms with van der Waals surface area (Å²) in [4.78, 5) is 23.6. The number of aliphatic carboxylic acids is 1. The van der Waals surface area contributed by atoms with Crippen LogP contribution in [0.2, 0.25) is 0 Å². The first-order chi connectivity index (χ1) is 15.2. The number of carbonyl (C=O) groups is 2. The number of anilines is 2. The Kier molecular flexibility index (Phi) is 7.16. The summed E-state index contributed by atoms with van der Waals surface area (Å²) in [6, 6.07) is 12.8. The number of carboxylic acids is 1. The van der Waals surface area contributed by atoms with E-state index in [1.54, 1.807) is 50.2 Å². The highest BCUT2D eigenvalue weighted by molar-refractivity contribution is 7.80. The van der Waals surface area contributed by atoms with Crippen molar-refractivity contribution < 1.29 is 23.6 Å². The molecule has 3 rings (SSSR count). The first-order valence-corrected chi connectivity index (χ1v) is 10.1. The summed E-state index contributed by atoms with van der Waals surface area (Å²) >= 11 is 5.24. The summed E-state index contributed by atoms with van der Waals surface area (Å²) in [7, 11) is 0. The molecule has 3 aromatic rings. The molecule has 1 heterocycles. The lowest BCUT2D eigenvalue weighted by molar-refractivity contribution is -0.140. The van der Waals surface area contributed by atoms with Crippen molar-refractivity contribution in [2.75, 3.05) is 10.6 Å². The lowest BCUT2D eigenvalue weighted by Gasteiger charge is -2.18. The van der Waals surface area contributed by atoms with E-state index in [-0.39, 0.29) is 22.4 Å². The SMILES string of the molecule is CC(C)C(NC(=S)c1cc(-c2ccc(NC(=O)Nc3ccccc3F)cc2)no1)C(=O)O. The molecule has 2 amide bonds. The number of carbonyl (C=O) groups excluding carboxylic acids is 1. The van der Waals surface area contributed by atoms with E-state index < -0.39 is 23.9 Å². The first-order valence-electron chi connectivity index (χ1n) is 9.68. The van der Waals surface area contributed by atoms with Gasteiger partial charge in [-0.3, -0.25) is 0 Å². The Morgan fingerprint density at radius 1 is 1.09 bits per heavy atom. The van der Waals surface area contributed by atoms with Crippen molar-refractivity contribution in [2.45, 2.75) is 19.9 Å². The van der Waals surface area contributed by atoms with Crippen LogP contribution in [0.3, 0.4) is 0 Å². The largest absolute Gasteiger partial charge is 0.480 e. The lowest BCUT2D eigenvalue weighted by atomic mass is 10.0. The standard InChI is InChI=1S/C22H21FN4O4S/c1-12(2)19(21(28)29)26-20(32)18-11-17(27-31-18)13-7-9-14(10-8-13)24-22(30)25-16-6-4-3-5-15(16)23/h3-12,19H,1-2H3,(H,26,32)(H,28,29)(H2,24,25,30). The molecule has 4 N–H and O–H groups in total. The molecular formula is C22H21FN4O4S. The zero-order valence-corrected chi connectivity index (χ0v) is 18.1. The Hall–Kier alpha value is -3.79. The predicted octanol–water partition coefficient (Wildman–Crippen LogP) is 4.50. The molecule has 32 heavy (non-hydrogen) atoms. The number of nitrogens with zero attached hydrogens (tertiary/aromatic N) is 1. The van der Waals surface area contributed by atoms with Crippen molar-refractivity contribution >= 4 is 40.6 Å². The molecule has 10 heteroatoms. The minimum absolute atomic E-state index is 0.0731. The van der Waals surface area contributed by atoms with Gasteiger partial charge >= 0.3 is 12.0 Å². The average molecular weight is 456 g/mol. The van der Waals surface area contributed by atoms with Gasteiger partial charge in [-0.05, 0) is 30.2 Å². The van der Waals surface area contributed by atoms with Gasteiger partial charge in [-0.25, -0.2) is 14.0 Å². The third-order valence-corrected chi connectivity index (χ3v) is 4.83. The number of thiocarbonyl (C=S) groups is 1. The number of aromatic nitrogens is 1. The molecule has 0 radical (unpaired) electrons. The molecular weight excluding hydrogens is 435 g/mol. The Balaban J connectivity index is 1.63. The van der Waals surface area contributed by atoms with E-state index in [0.717, 1.165) is 0 Å². The van der Waals surface area contributed by atoms with Crippen molar-refractivity contribution in [2.24, 2.45) is 5.92 Å². The zero-order chi connectivity index (χ0) is 23.3. The normalized spacial score (nSPS) is 11.6. The van der Waals surface area contributed by atoms with Crippen LogP contribution in [0.15, 0.2) is 59.1 Å². The van der Waals surface area contributed by atoms with Crippen molar-refractivity contribution in [3.8, 4) is 11.3 Å². The second-order valence-corrected chi connectivity index (χ2v) is 7.65. The van der Waals surface area contributed by atoms with E-state index in [2.05, 4.69) is 21.1 Å². The van der Waals surface area contributed by atoms with Crippen LogP contribution in [0.5, 0.6) is 0 Å². The second-order valence-electron chi connectivity index (χ2n) is 7.25. The molecule has 0 aliphatic heterocycles. The summed E-state index contributed by atoms with van der Waals surface area (Å²) in [6.45, 7) is 3.54. The van der Waals surface area contributed by atoms with Gasteiger partial charge in [-0.1, -0.05) is 55.5 Å². The van der Waals surface area contributed by atoms with Crippen molar-refractivity contribution in [1.82, 2.24) is 10.5 Å². The van der Waals surface area contributed by atoms with Gasteiger partial charge in [0, 0.05) is 17.3 Å². The van der Waals surface area contributed by atoms with Gasteiger partial charge in [0.2, 0.25) is 0 Å². The number of rotatable bonds is 7. The average Bonchev–Trinajstić information content (AvgIpc) is 3.24. The van der Waals surface area contributed by atoms with Crippen LogP contribution in [-0.2, 0) is 4.79 Å². The fourth-order valence-electron chi connectivity index (χ4n) is 2.82. The summed E-state index contributed by atoms with van der Waals surface area (Å²) in [5.41, 5.74) is 1.75. The highest BCUT2D eigenvalue weighted by Gasteiger charge is 2.24. The second kappa shape index (κ2) is 10.0. The monoisotopic (exact) mass is 456 g/mol. The van der Waals surface area contributed by atoms with Crippen molar-refractivity contribution in [3.63, 3.8) is 0 Å². The number of hydrogen-bond donors (Lipinski definition) is 4. The number of benzene rings is 2. The molecule has 8 nitrogen and oxygen atoms in total. The maximum atomic E-state index is 13.6. The molecule has 166 valence electrons. The molecule has 1 atom stereocenters. The third-order valence-electron chi connectivity index (χ3n) is 4.51. The van der Waals surface area contributed by atoms with E-state index in [4.69, 9.17) is 16.7 Å². The number of urea groups is 1. The van der Waals surface area contributed by atoms with Gasteiger partial charge in [0.15, 0.2) is 5.76 Å². The Labute approximate surface area is 188 Å². The quantitative estimate of drug-likeness (QED) is 0.387. The van der Waals surface area contributed by atoms with E-state index in [0.29, 0.717) is 16.9 Å². The van der Waals surface area contributed by atoms with Gasteiger partial charge in [0.1, 0.15) is 22.5 Å². The predicted molar refractivity (Wildman–Crippen MR) is 122 cm³/mol. The van der Waals surface area contributed by atoms with Crippen LogP contribution in [0.4, 0.5) is 20.6 Å². The Morgan fingerprint density at radius 2 is 1.78 bits per heavy atom. The molecule has 0 spiro atoms. The van der Waals surface area contributed by atoms with E-state index in [1.165, 1.54) is 18.2 Å². The summed E-state index contributed by atoms with van der Waals surface area (Å²) < 4.78 is 18.9. The summed E-state index contributed by atoms with van der Waals surface area (Å²) in [5.74, 6) is -1.48. The van der Waals surface area contributed by atoms with Crippen molar-refractivity contribution in [1.29, 1.82) is 0 Å². The van der Waals surface area contributed by atoms with Crippen LogP contribution in [0.25, 0.3) is 11.3 Å². The van der Waals surface area contributed by atoms with E-state index >= 15 is 0 Å². The number of amides is 2. The molecule has 0 aliphatic rings. The smallest absolute Gasteiger partial charge is 0.326 e. The van der Waals surface area contributed by atoms with Crippen molar-refractivity contribution in [3.05, 3.63) is 66.2 Å². The fraction of sp³-hybridized carbons (Fsp3) is 0.182. The minimum atomic E-state index is -1.01. The van der Waals surface area contributed by atoms with Crippen LogP contribution < -0.4 is 16.0 Å². The third kappa shape index (κ3) is 5.67. The van der Waals surface area contributed by atoms with Gasteiger partial charge in [0.25, 0.3) is 0 Å². The molecule has 0 bridgehead atoms. The van der Waals surface area contributed by atoms with Gasteiger partial charge < -0.3 is 25.6 Å². The van der Waals surface area contributed by atoms with Crippen LogP contribution in [-0.4, -0.2) is 33.3 Å². The van der Waals surface area contributed by atoms with Gasteiger partial charge in [0.05, 0.1) is 5.69 Å². The number of para-hydroxylation sites is 1. The topological polar surface area (TPSA) is 116 Å². The fourth-order valence-corrected chi connectivity index (χ4v) is 3.04. The summed E-state index contributed by atoms with van der Waals surface area (Å²) in [5, 5.41) is 21.1.